The smallest absolute Gasteiger partial charge is 0.0406 e. The third kappa shape index (κ3) is 3.87. The second-order valence-corrected chi connectivity index (χ2v) is 10.9. The number of fused-ring (bicyclic) bond motifs is 1. The minimum atomic E-state index is 0.200. The Labute approximate surface area is 180 Å². The lowest BCUT2D eigenvalue weighted by molar-refractivity contribution is 0.196. The lowest BCUT2D eigenvalue weighted by atomic mass is 9.67. The van der Waals surface area contributed by atoms with Crippen LogP contribution in [0.4, 0.5) is 0 Å². The third-order valence-corrected chi connectivity index (χ3v) is 8.41. The zero-order chi connectivity index (χ0) is 19.1. The molecule has 0 fully saturated rings. The summed E-state index contributed by atoms with van der Waals surface area (Å²) in [7, 11) is 0. The minimum Gasteiger partial charge on any atom is -0.0948 e. The maximum absolute atomic E-state index is 6.02. The summed E-state index contributed by atoms with van der Waals surface area (Å²) in [4.78, 5) is 5.49. The maximum Gasteiger partial charge on any atom is 0.0406 e. The van der Waals surface area contributed by atoms with Crippen molar-refractivity contribution in [2.45, 2.75) is 42.9 Å². The molecule has 0 aromatic heterocycles. The van der Waals surface area contributed by atoms with Crippen LogP contribution in [0, 0.1) is 10.8 Å². The molecule has 2 aromatic rings. The van der Waals surface area contributed by atoms with Gasteiger partial charge in [-0.05, 0) is 77.6 Å². The number of halogens is 2. The summed E-state index contributed by atoms with van der Waals surface area (Å²) in [6.45, 7) is 4.76. The first kappa shape index (κ1) is 19.5. The maximum atomic E-state index is 6.02. The van der Waals surface area contributed by atoms with Crippen LogP contribution in [0.1, 0.15) is 33.1 Å². The average Bonchev–Trinajstić information content (AvgIpc) is 3.04. The molecule has 2 aromatic carbocycles. The Morgan fingerprint density at radius 3 is 1.70 bits per heavy atom. The normalized spacial score (nSPS) is 26.7. The fourth-order valence-corrected chi connectivity index (χ4v) is 7.00. The summed E-state index contributed by atoms with van der Waals surface area (Å²) >= 11 is 15.8. The van der Waals surface area contributed by atoms with E-state index in [1.165, 1.54) is 19.6 Å². The number of hydrogen-bond donors (Lipinski definition) is 0. The predicted molar refractivity (Wildman–Crippen MR) is 121 cm³/mol. The molecule has 4 rings (SSSR count). The van der Waals surface area contributed by atoms with Crippen LogP contribution < -0.4 is 0 Å². The van der Waals surface area contributed by atoms with Crippen molar-refractivity contribution in [3.63, 3.8) is 0 Å². The van der Waals surface area contributed by atoms with E-state index in [9.17, 15) is 0 Å². The highest BCUT2D eigenvalue weighted by molar-refractivity contribution is 8.03. The summed E-state index contributed by atoms with van der Waals surface area (Å²) < 4.78 is 0. The highest BCUT2D eigenvalue weighted by Gasteiger charge is 2.52. The molecule has 0 heterocycles. The van der Waals surface area contributed by atoms with Crippen molar-refractivity contribution in [1.82, 2.24) is 0 Å². The first-order valence-corrected chi connectivity index (χ1v) is 11.6. The van der Waals surface area contributed by atoms with Crippen LogP contribution in [0.3, 0.4) is 0 Å². The molecule has 27 heavy (non-hydrogen) atoms. The molecule has 0 saturated carbocycles. The number of allylic oxidation sites excluding steroid dienone is 4. The van der Waals surface area contributed by atoms with E-state index in [-0.39, 0.29) is 10.8 Å². The van der Waals surface area contributed by atoms with E-state index in [0.717, 1.165) is 29.3 Å². The zero-order valence-electron chi connectivity index (χ0n) is 15.5. The molecule has 0 bridgehead atoms. The van der Waals surface area contributed by atoms with Gasteiger partial charge >= 0.3 is 0 Å². The molecule has 140 valence electrons. The summed E-state index contributed by atoms with van der Waals surface area (Å²) in [5.41, 5.74) is 0.432. The van der Waals surface area contributed by atoms with Crippen LogP contribution in [-0.4, -0.2) is 0 Å². The standard InChI is InChI=1S/C23H22Cl2S2/c1-3-23-14-20(26-18-8-4-16(24)5-9-18)12-22(23,2)13-21(15-23)27-19-10-6-17(25)7-11-19/h4-12,15H,3,13-14H2,1-2H3/t22-,23-/m0/s1. The minimum absolute atomic E-state index is 0.200. The monoisotopic (exact) mass is 432 g/mol. The number of rotatable bonds is 5. The summed E-state index contributed by atoms with van der Waals surface area (Å²) in [6.07, 6.45) is 8.48. The summed E-state index contributed by atoms with van der Waals surface area (Å²) in [5.74, 6) is 0. The van der Waals surface area contributed by atoms with E-state index in [1.807, 2.05) is 47.8 Å². The molecule has 2 atom stereocenters. The Morgan fingerprint density at radius 2 is 1.26 bits per heavy atom. The molecular weight excluding hydrogens is 411 g/mol. The first-order chi connectivity index (χ1) is 12.9. The van der Waals surface area contributed by atoms with Gasteiger partial charge in [0.15, 0.2) is 0 Å². The molecule has 4 heteroatoms. The molecule has 0 spiro atoms. The van der Waals surface area contributed by atoms with Crippen molar-refractivity contribution in [1.29, 1.82) is 0 Å². The molecule has 2 aliphatic carbocycles. The van der Waals surface area contributed by atoms with Crippen molar-refractivity contribution in [3.8, 4) is 0 Å². The van der Waals surface area contributed by atoms with Gasteiger partial charge in [0.25, 0.3) is 0 Å². The molecule has 2 aliphatic rings. The second kappa shape index (κ2) is 7.55. The van der Waals surface area contributed by atoms with Crippen molar-refractivity contribution in [2.24, 2.45) is 10.8 Å². The van der Waals surface area contributed by atoms with Gasteiger partial charge in [0.05, 0.1) is 0 Å². The second-order valence-electron chi connectivity index (χ2n) is 7.61. The molecule has 0 N–H and O–H groups in total. The first-order valence-electron chi connectivity index (χ1n) is 9.22. The van der Waals surface area contributed by atoms with Gasteiger partial charge < -0.3 is 0 Å². The lowest BCUT2D eigenvalue weighted by Crippen LogP contribution is -2.28. The van der Waals surface area contributed by atoms with Crippen molar-refractivity contribution in [3.05, 3.63) is 80.5 Å². The van der Waals surface area contributed by atoms with Gasteiger partial charge in [0.1, 0.15) is 0 Å². The number of thioether (sulfide) groups is 2. The zero-order valence-corrected chi connectivity index (χ0v) is 18.6. The van der Waals surface area contributed by atoms with E-state index in [1.54, 1.807) is 0 Å². The van der Waals surface area contributed by atoms with E-state index in [0.29, 0.717) is 0 Å². The van der Waals surface area contributed by atoms with Gasteiger partial charge in [-0.1, -0.05) is 72.7 Å². The third-order valence-electron chi connectivity index (χ3n) is 5.84. The van der Waals surface area contributed by atoms with Gasteiger partial charge in [0.2, 0.25) is 0 Å². The molecule has 0 amide bonds. The van der Waals surface area contributed by atoms with E-state index in [2.05, 4.69) is 50.3 Å². The molecule has 0 aliphatic heterocycles. The van der Waals surface area contributed by atoms with Gasteiger partial charge in [-0.25, -0.2) is 0 Å². The Hall–Kier alpha value is -0.800. The van der Waals surface area contributed by atoms with Crippen molar-refractivity contribution >= 4 is 46.7 Å². The Balaban J connectivity index is 1.52. The molecular formula is C23H22Cl2S2. The van der Waals surface area contributed by atoms with Crippen LogP contribution in [0.25, 0.3) is 0 Å². The molecule has 0 radical (unpaired) electrons. The highest BCUT2D eigenvalue weighted by atomic mass is 35.5. The van der Waals surface area contributed by atoms with Gasteiger partial charge in [-0.3, -0.25) is 0 Å². The SMILES string of the molecule is CC[C@]12C=C(Sc3ccc(Cl)cc3)C[C@]1(C)C=C(Sc1ccc(Cl)cc1)C2. The predicted octanol–water partition coefficient (Wildman–Crippen LogP) is 8.86. The van der Waals surface area contributed by atoms with E-state index >= 15 is 0 Å². The number of benzene rings is 2. The molecule has 0 saturated heterocycles. The van der Waals surface area contributed by atoms with Gasteiger partial charge in [0, 0.05) is 30.7 Å². The van der Waals surface area contributed by atoms with Crippen LogP contribution >= 0.6 is 46.7 Å². The van der Waals surface area contributed by atoms with E-state index in [4.69, 9.17) is 23.2 Å². The van der Waals surface area contributed by atoms with Gasteiger partial charge in [-0.15, -0.1) is 0 Å². The summed E-state index contributed by atoms with van der Waals surface area (Å²) in [6, 6.07) is 16.3. The van der Waals surface area contributed by atoms with E-state index < -0.39 is 0 Å². The van der Waals surface area contributed by atoms with Crippen molar-refractivity contribution in [2.75, 3.05) is 0 Å². The van der Waals surface area contributed by atoms with Crippen LogP contribution in [0.15, 0.2) is 80.3 Å². The van der Waals surface area contributed by atoms with Crippen LogP contribution in [0.2, 0.25) is 10.0 Å². The number of hydrogen-bond acceptors (Lipinski definition) is 2. The fourth-order valence-electron chi connectivity index (χ4n) is 4.30. The fraction of sp³-hybridized carbons (Fsp3) is 0.304. The molecule has 0 nitrogen and oxygen atoms in total. The quantitative estimate of drug-likeness (QED) is 0.462. The van der Waals surface area contributed by atoms with Crippen LogP contribution in [-0.2, 0) is 0 Å². The Kier molecular flexibility index (Phi) is 5.46. The highest BCUT2D eigenvalue weighted by Crippen LogP contribution is 2.65. The topological polar surface area (TPSA) is 0 Å². The summed E-state index contributed by atoms with van der Waals surface area (Å²) in [5, 5.41) is 1.58. The van der Waals surface area contributed by atoms with Gasteiger partial charge in [-0.2, -0.15) is 0 Å². The average molecular weight is 433 g/mol. The lowest BCUT2D eigenvalue weighted by Gasteiger charge is -2.36. The largest absolute Gasteiger partial charge is 0.0948 e. The Bertz CT molecular complexity index is 899. The van der Waals surface area contributed by atoms with Crippen molar-refractivity contribution < 1.29 is 0 Å². The Morgan fingerprint density at radius 1 is 0.778 bits per heavy atom. The van der Waals surface area contributed by atoms with Crippen LogP contribution in [0.5, 0.6) is 0 Å². The molecule has 0 unspecified atom stereocenters.